The summed E-state index contributed by atoms with van der Waals surface area (Å²) in [5.41, 5.74) is 0. The molecule has 0 saturated carbocycles. The maximum atomic E-state index is 5.64. The Balaban J connectivity index is 2.02. The summed E-state index contributed by atoms with van der Waals surface area (Å²) in [7, 11) is 0. The van der Waals surface area contributed by atoms with Gasteiger partial charge in [0.2, 0.25) is 0 Å². The molecule has 0 amide bonds. The molecule has 88 valence electrons. The fraction of sp³-hybridized carbons (Fsp3) is 0.833. The van der Waals surface area contributed by atoms with Gasteiger partial charge in [-0.2, -0.15) is 11.8 Å². The summed E-state index contributed by atoms with van der Waals surface area (Å²) in [5, 5.41) is 3.61. The van der Waals surface area contributed by atoms with Crippen molar-refractivity contribution in [2.75, 3.05) is 24.7 Å². The molecule has 0 spiro atoms. The summed E-state index contributed by atoms with van der Waals surface area (Å²) in [6.45, 7) is 7.95. The van der Waals surface area contributed by atoms with Gasteiger partial charge < -0.3 is 10.1 Å². The van der Waals surface area contributed by atoms with Crippen LogP contribution in [0.3, 0.4) is 0 Å². The van der Waals surface area contributed by atoms with E-state index in [0.29, 0.717) is 12.1 Å². The Morgan fingerprint density at radius 2 is 2.47 bits per heavy atom. The zero-order valence-corrected chi connectivity index (χ0v) is 10.5. The van der Waals surface area contributed by atoms with Crippen LogP contribution in [0.5, 0.6) is 0 Å². The van der Waals surface area contributed by atoms with Crippen molar-refractivity contribution in [2.45, 2.75) is 38.3 Å². The van der Waals surface area contributed by atoms with E-state index in [0.717, 1.165) is 25.3 Å². The largest absolute Gasteiger partial charge is 0.378 e. The summed E-state index contributed by atoms with van der Waals surface area (Å²) in [6.07, 6.45) is 5.94. The molecule has 15 heavy (non-hydrogen) atoms. The second kappa shape index (κ2) is 8.20. The fourth-order valence-electron chi connectivity index (χ4n) is 1.85. The first-order valence-electron chi connectivity index (χ1n) is 5.90. The molecule has 0 aromatic rings. The molecule has 2 nitrogen and oxygen atoms in total. The predicted octanol–water partition coefficient (Wildman–Crippen LogP) is 2.45. The minimum atomic E-state index is 0.483. The van der Waals surface area contributed by atoms with Gasteiger partial charge in [-0.15, -0.1) is 6.58 Å². The molecule has 2 unspecified atom stereocenters. The maximum Gasteiger partial charge on any atom is 0.0587 e. The third-order valence-corrected chi connectivity index (χ3v) is 3.70. The first kappa shape index (κ1) is 13.1. The molecule has 1 heterocycles. The second-order valence-corrected chi connectivity index (χ2v) is 5.09. The van der Waals surface area contributed by atoms with Crippen LogP contribution in [-0.4, -0.2) is 36.8 Å². The smallest absolute Gasteiger partial charge is 0.0587 e. The summed E-state index contributed by atoms with van der Waals surface area (Å²) in [5.74, 6) is 2.24. The highest BCUT2D eigenvalue weighted by molar-refractivity contribution is 7.99. The fourth-order valence-corrected chi connectivity index (χ4v) is 2.45. The van der Waals surface area contributed by atoms with Crippen molar-refractivity contribution < 1.29 is 4.74 Å². The summed E-state index contributed by atoms with van der Waals surface area (Å²) in [4.78, 5) is 0. The highest BCUT2D eigenvalue weighted by Gasteiger charge is 2.20. The van der Waals surface area contributed by atoms with Crippen LogP contribution in [-0.2, 0) is 4.74 Å². The van der Waals surface area contributed by atoms with Crippen molar-refractivity contribution in [1.82, 2.24) is 5.32 Å². The lowest BCUT2D eigenvalue weighted by atomic mass is 10.0. The van der Waals surface area contributed by atoms with Crippen LogP contribution in [0.1, 0.15) is 26.2 Å². The van der Waals surface area contributed by atoms with E-state index >= 15 is 0 Å². The van der Waals surface area contributed by atoms with E-state index < -0.39 is 0 Å². The Labute approximate surface area is 97.8 Å². The van der Waals surface area contributed by atoms with Crippen LogP contribution >= 0.6 is 11.8 Å². The quantitative estimate of drug-likeness (QED) is 0.535. The molecule has 0 radical (unpaired) electrons. The predicted molar refractivity (Wildman–Crippen MR) is 68.6 cm³/mol. The standard InChI is InChI=1S/C12H23NOS/c1-3-8-15-9-6-13-11-5-7-14-12(4-2)10-11/h3,11-13H,1,4-10H2,2H3. The second-order valence-electron chi connectivity index (χ2n) is 3.94. The lowest BCUT2D eigenvalue weighted by Crippen LogP contribution is -2.39. The van der Waals surface area contributed by atoms with Crippen molar-refractivity contribution in [2.24, 2.45) is 0 Å². The van der Waals surface area contributed by atoms with Gasteiger partial charge in [-0.3, -0.25) is 0 Å². The molecule has 1 rings (SSSR count). The van der Waals surface area contributed by atoms with Crippen molar-refractivity contribution in [3.8, 4) is 0 Å². The number of rotatable bonds is 7. The molecule has 1 N–H and O–H groups in total. The number of ether oxygens (including phenoxy) is 1. The average molecular weight is 229 g/mol. The average Bonchev–Trinajstić information content (AvgIpc) is 2.29. The van der Waals surface area contributed by atoms with E-state index in [4.69, 9.17) is 4.74 Å². The molecule has 1 aliphatic heterocycles. The lowest BCUT2D eigenvalue weighted by molar-refractivity contribution is 0.000350. The molecule has 2 atom stereocenters. The first-order valence-corrected chi connectivity index (χ1v) is 7.06. The highest BCUT2D eigenvalue weighted by Crippen LogP contribution is 2.16. The van der Waals surface area contributed by atoms with Gasteiger partial charge in [0, 0.05) is 30.7 Å². The van der Waals surface area contributed by atoms with Crippen LogP contribution in [0.4, 0.5) is 0 Å². The van der Waals surface area contributed by atoms with Crippen molar-refractivity contribution in [3.05, 3.63) is 12.7 Å². The van der Waals surface area contributed by atoms with Gasteiger partial charge in [-0.1, -0.05) is 13.0 Å². The summed E-state index contributed by atoms with van der Waals surface area (Å²) >= 11 is 1.94. The molecule has 1 fully saturated rings. The van der Waals surface area contributed by atoms with Crippen molar-refractivity contribution in [1.29, 1.82) is 0 Å². The lowest BCUT2D eigenvalue weighted by Gasteiger charge is -2.29. The molecule has 3 heteroatoms. The van der Waals surface area contributed by atoms with E-state index in [-0.39, 0.29) is 0 Å². The summed E-state index contributed by atoms with van der Waals surface area (Å²) in [6, 6.07) is 0.674. The Morgan fingerprint density at radius 1 is 1.60 bits per heavy atom. The van der Waals surface area contributed by atoms with E-state index in [1.807, 2.05) is 17.8 Å². The van der Waals surface area contributed by atoms with Gasteiger partial charge >= 0.3 is 0 Å². The van der Waals surface area contributed by atoms with Gasteiger partial charge in [0.15, 0.2) is 0 Å². The van der Waals surface area contributed by atoms with Gasteiger partial charge in [-0.05, 0) is 19.3 Å². The van der Waals surface area contributed by atoms with Crippen LogP contribution in [0.15, 0.2) is 12.7 Å². The number of thioether (sulfide) groups is 1. The van der Waals surface area contributed by atoms with Crippen LogP contribution in [0.2, 0.25) is 0 Å². The topological polar surface area (TPSA) is 21.3 Å². The van der Waals surface area contributed by atoms with E-state index in [9.17, 15) is 0 Å². The monoisotopic (exact) mass is 229 g/mol. The zero-order valence-electron chi connectivity index (χ0n) is 9.71. The maximum absolute atomic E-state index is 5.64. The SMILES string of the molecule is C=CCSCCNC1CCOC(CC)C1. The molecule has 0 aromatic heterocycles. The minimum Gasteiger partial charge on any atom is -0.378 e. The third-order valence-electron chi connectivity index (χ3n) is 2.74. The third kappa shape index (κ3) is 5.59. The number of nitrogens with one attached hydrogen (secondary N) is 1. The Bertz CT molecular complexity index is 175. The summed E-state index contributed by atoms with van der Waals surface area (Å²) < 4.78 is 5.64. The zero-order chi connectivity index (χ0) is 10.9. The van der Waals surface area contributed by atoms with E-state index in [1.165, 1.54) is 18.6 Å². The highest BCUT2D eigenvalue weighted by atomic mass is 32.2. The minimum absolute atomic E-state index is 0.483. The molecular formula is C12H23NOS. The van der Waals surface area contributed by atoms with Crippen molar-refractivity contribution >= 4 is 11.8 Å². The molecule has 0 bridgehead atoms. The Hall–Kier alpha value is 0.01000. The molecule has 1 saturated heterocycles. The first-order chi connectivity index (χ1) is 7.36. The molecule has 0 aliphatic carbocycles. The molecule has 1 aliphatic rings. The van der Waals surface area contributed by atoms with Gasteiger partial charge in [0.05, 0.1) is 6.10 Å². The van der Waals surface area contributed by atoms with Crippen LogP contribution in [0, 0.1) is 0 Å². The molecule has 0 aromatic carbocycles. The van der Waals surface area contributed by atoms with E-state index in [2.05, 4.69) is 18.8 Å². The van der Waals surface area contributed by atoms with Gasteiger partial charge in [-0.25, -0.2) is 0 Å². The van der Waals surface area contributed by atoms with Crippen LogP contribution < -0.4 is 5.32 Å². The number of hydrogen-bond acceptors (Lipinski definition) is 3. The van der Waals surface area contributed by atoms with Gasteiger partial charge in [0.1, 0.15) is 0 Å². The number of hydrogen-bond donors (Lipinski definition) is 1. The normalized spacial score (nSPS) is 26.5. The Morgan fingerprint density at radius 3 is 3.20 bits per heavy atom. The van der Waals surface area contributed by atoms with E-state index in [1.54, 1.807) is 0 Å². The Kier molecular flexibility index (Phi) is 7.14. The molecular weight excluding hydrogens is 206 g/mol. The van der Waals surface area contributed by atoms with Crippen LogP contribution in [0.25, 0.3) is 0 Å². The van der Waals surface area contributed by atoms with Crippen molar-refractivity contribution in [3.63, 3.8) is 0 Å². The van der Waals surface area contributed by atoms with Gasteiger partial charge in [0.25, 0.3) is 0 Å².